The van der Waals surface area contributed by atoms with Crippen LogP contribution in [0.4, 0.5) is 0 Å². The van der Waals surface area contributed by atoms with E-state index in [9.17, 15) is 0 Å². The van der Waals surface area contributed by atoms with Crippen LogP contribution in [-0.2, 0) is 6.61 Å². The largest absolute Gasteiger partial charge is 0.487 e. The van der Waals surface area contributed by atoms with Crippen LogP contribution in [0.1, 0.15) is 11.3 Å². The molecule has 0 aliphatic heterocycles. The van der Waals surface area contributed by atoms with Crippen LogP contribution in [0.5, 0.6) is 5.75 Å². The molecule has 1 heterocycles. The minimum atomic E-state index is 0.523. The summed E-state index contributed by atoms with van der Waals surface area (Å²) in [5.74, 6) is 0.819. The van der Waals surface area contributed by atoms with E-state index in [1.807, 2.05) is 24.3 Å². The van der Waals surface area contributed by atoms with Gasteiger partial charge in [0.25, 0.3) is 0 Å². The highest BCUT2D eigenvalue weighted by Crippen LogP contribution is 2.20. The van der Waals surface area contributed by atoms with Crippen molar-refractivity contribution >= 4 is 22.5 Å². The number of nitrogens with one attached hydrogen (secondary N) is 1. The van der Waals surface area contributed by atoms with Crippen molar-refractivity contribution in [1.29, 1.82) is 0 Å². The Morgan fingerprint density at radius 3 is 2.63 bits per heavy atom. The van der Waals surface area contributed by atoms with Crippen molar-refractivity contribution < 1.29 is 4.74 Å². The Morgan fingerprint density at radius 2 is 1.84 bits per heavy atom. The van der Waals surface area contributed by atoms with Crippen molar-refractivity contribution in [3.05, 3.63) is 64.8 Å². The molecule has 2 aromatic carbocycles. The van der Waals surface area contributed by atoms with Crippen LogP contribution in [0, 0.1) is 6.92 Å². The summed E-state index contributed by atoms with van der Waals surface area (Å²) in [5.41, 5.74) is 3.47. The smallest absolute Gasteiger partial charge is 0.128 e. The summed E-state index contributed by atoms with van der Waals surface area (Å²) in [5, 5.41) is 1.93. The average molecular weight is 272 g/mol. The fraction of sp³-hybridized carbons (Fsp3) is 0.125. The van der Waals surface area contributed by atoms with Gasteiger partial charge in [0.1, 0.15) is 12.4 Å². The SMILES string of the molecule is Cc1ccc2[nH]c(COc3ccc(Cl)cc3)cc2c1. The van der Waals surface area contributed by atoms with E-state index in [2.05, 4.69) is 36.2 Å². The molecule has 1 N–H and O–H groups in total. The van der Waals surface area contributed by atoms with Crippen LogP contribution in [0.15, 0.2) is 48.5 Å². The number of aromatic amines is 1. The van der Waals surface area contributed by atoms with Crippen LogP contribution in [0.3, 0.4) is 0 Å². The van der Waals surface area contributed by atoms with Crippen molar-refractivity contribution in [3.8, 4) is 5.75 Å². The van der Waals surface area contributed by atoms with Crippen molar-refractivity contribution in [2.45, 2.75) is 13.5 Å². The molecular weight excluding hydrogens is 258 g/mol. The van der Waals surface area contributed by atoms with Crippen molar-refractivity contribution in [3.63, 3.8) is 0 Å². The van der Waals surface area contributed by atoms with Gasteiger partial charge in [-0.3, -0.25) is 0 Å². The number of H-pyrrole nitrogens is 1. The molecule has 0 aliphatic rings. The van der Waals surface area contributed by atoms with E-state index in [-0.39, 0.29) is 0 Å². The molecule has 3 aromatic rings. The number of rotatable bonds is 3. The first-order valence-corrected chi connectivity index (χ1v) is 6.55. The fourth-order valence-electron chi connectivity index (χ4n) is 2.08. The third-order valence-electron chi connectivity index (χ3n) is 3.04. The molecule has 96 valence electrons. The number of benzene rings is 2. The summed E-state index contributed by atoms with van der Waals surface area (Å²) in [4.78, 5) is 3.35. The van der Waals surface area contributed by atoms with Crippen molar-refractivity contribution in [2.75, 3.05) is 0 Å². The lowest BCUT2D eigenvalue weighted by Crippen LogP contribution is -1.94. The zero-order valence-corrected chi connectivity index (χ0v) is 11.4. The molecule has 2 nitrogen and oxygen atoms in total. The average Bonchev–Trinajstić information content (AvgIpc) is 2.80. The zero-order chi connectivity index (χ0) is 13.2. The van der Waals surface area contributed by atoms with Gasteiger partial charge in [0.2, 0.25) is 0 Å². The van der Waals surface area contributed by atoms with E-state index >= 15 is 0 Å². The van der Waals surface area contributed by atoms with E-state index < -0.39 is 0 Å². The second-order valence-electron chi connectivity index (χ2n) is 4.63. The summed E-state index contributed by atoms with van der Waals surface area (Å²) < 4.78 is 5.72. The number of fused-ring (bicyclic) bond motifs is 1. The van der Waals surface area contributed by atoms with Crippen LogP contribution in [-0.4, -0.2) is 4.98 Å². The molecule has 0 fully saturated rings. The molecule has 0 saturated carbocycles. The van der Waals surface area contributed by atoms with Gasteiger partial charge >= 0.3 is 0 Å². The number of aryl methyl sites for hydroxylation is 1. The van der Waals surface area contributed by atoms with Gasteiger partial charge in [0, 0.05) is 15.9 Å². The van der Waals surface area contributed by atoms with E-state index in [4.69, 9.17) is 16.3 Å². The molecule has 3 rings (SSSR count). The lowest BCUT2D eigenvalue weighted by atomic mass is 10.2. The first kappa shape index (κ1) is 12.1. The highest BCUT2D eigenvalue weighted by atomic mass is 35.5. The topological polar surface area (TPSA) is 25.0 Å². The van der Waals surface area contributed by atoms with Gasteiger partial charge in [-0.15, -0.1) is 0 Å². The molecule has 0 saturated heterocycles. The van der Waals surface area contributed by atoms with Gasteiger partial charge < -0.3 is 9.72 Å². The molecular formula is C16H14ClNO. The van der Waals surface area contributed by atoms with Gasteiger partial charge in [-0.1, -0.05) is 23.2 Å². The highest BCUT2D eigenvalue weighted by Gasteiger charge is 2.02. The molecule has 19 heavy (non-hydrogen) atoms. The van der Waals surface area contributed by atoms with Crippen LogP contribution >= 0.6 is 11.6 Å². The van der Waals surface area contributed by atoms with Crippen molar-refractivity contribution in [2.24, 2.45) is 0 Å². The molecule has 0 amide bonds. The number of ether oxygens (including phenoxy) is 1. The molecule has 3 heteroatoms. The standard InChI is InChI=1S/C16H14ClNO/c1-11-2-7-16-12(8-11)9-14(18-16)10-19-15-5-3-13(17)4-6-15/h2-9,18H,10H2,1H3. The zero-order valence-electron chi connectivity index (χ0n) is 10.6. The minimum Gasteiger partial charge on any atom is -0.487 e. The molecule has 0 radical (unpaired) electrons. The van der Waals surface area contributed by atoms with Crippen molar-refractivity contribution in [1.82, 2.24) is 4.98 Å². The Morgan fingerprint density at radius 1 is 1.05 bits per heavy atom. The Kier molecular flexibility index (Phi) is 3.18. The lowest BCUT2D eigenvalue weighted by Gasteiger charge is -2.04. The van der Waals surface area contributed by atoms with Gasteiger partial charge in [0.15, 0.2) is 0 Å². The van der Waals surface area contributed by atoms with Crippen LogP contribution in [0.2, 0.25) is 5.02 Å². The van der Waals surface area contributed by atoms with E-state index in [1.54, 1.807) is 0 Å². The normalized spacial score (nSPS) is 10.8. The van der Waals surface area contributed by atoms with E-state index in [0.717, 1.165) is 17.0 Å². The van der Waals surface area contributed by atoms with Gasteiger partial charge in [-0.25, -0.2) is 0 Å². The quantitative estimate of drug-likeness (QED) is 0.733. The Balaban J connectivity index is 1.76. The predicted molar refractivity (Wildman–Crippen MR) is 78.8 cm³/mol. The third-order valence-corrected chi connectivity index (χ3v) is 3.29. The van der Waals surface area contributed by atoms with E-state index in [0.29, 0.717) is 11.6 Å². The third kappa shape index (κ3) is 2.74. The summed E-state index contributed by atoms with van der Waals surface area (Å²) in [6.07, 6.45) is 0. The van der Waals surface area contributed by atoms with Gasteiger partial charge in [-0.05, 0) is 49.4 Å². The Hall–Kier alpha value is -1.93. The number of hydrogen-bond donors (Lipinski definition) is 1. The monoisotopic (exact) mass is 271 g/mol. The molecule has 0 spiro atoms. The number of aromatic nitrogens is 1. The lowest BCUT2D eigenvalue weighted by molar-refractivity contribution is 0.302. The first-order valence-electron chi connectivity index (χ1n) is 6.17. The van der Waals surface area contributed by atoms with Crippen LogP contribution in [0.25, 0.3) is 10.9 Å². The fourth-order valence-corrected chi connectivity index (χ4v) is 2.21. The molecule has 1 aromatic heterocycles. The predicted octanol–water partition coefficient (Wildman–Crippen LogP) is 4.71. The molecule has 0 atom stereocenters. The number of hydrogen-bond acceptors (Lipinski definition) is 1. The molecule has 0 unspecified atom stereocenters. The molecule has 0 aliphatic carbocycles. The van der Waals surface area contributed by atoms with Gasteiger partial charge in [0.05, 0.1) is 5.69 Å². The number of halogens is 1. The molecule has 0 bridgehead atoms. The first-order chi connectivity index (χ1) is 9.20. The van der Waals surface area contributed by atoms with E-state index in [1.165, 1.54) is 10.9 Å². The summed E-state index contributed by atoms with van der Waals surface area (Å²) in [6, 6.07) is 15.9. The summed E-state index contributed by atoms with van der Waals surface area (Å²) >= 11 is 5.84. The van der Waals surface area contributed by atoms with Crippen LogP contribution < -0.4 is 4.74 Å². The summed E-state index contributed by atoms with van der Waals surface area (Å²) in [7, 11) is 0. The maximum absolute atomic E-state index is 5.84. The second-order valence-corrected chi connectivity index (χ2v) is 5.06. The maximum atomic E-state index is 5.84. The Labute approximate surface area is 117 Å². The minimum absolute atomic E-state index is 0.523. The van der Waals surface area contributed by atoms with Gasteiger partial charge in [-0.2, -0.15) is 0 Å². The highest BCUT2D eigenvalue weighted by molar-refractivity contribution is 6.30. The Bertz CT molecular complexity index is 700. The maximum Gasteiger partial charge on any atom is 0.128 e. The summed E-state index contributed by atoms with van der Waals surface area (Å²) in [6.45, 7) is 2.62. The second kappa shape index (κ2) is 4.98.